The normalized spacial score (nSPS) is 17.0. The van der Waals surface area contributed by atoms with Crippen LogP contribution in [0.5, 0.6) is 0 Å². The quantitative estimate of drug-likeness (QED) is 0.162. The van der Waals surface area contributed by atoms with E-state index >= 15 is 0 Å². The molecule has 4 heteroatoms. The number of furan rings is 1. The van der Waals surface area contributed by atoms with Gasteiger partial charge in [-0.1, -0.05) is 141 Å². The topological polar surface area (TPSA) is 19.6 Å². The molecule has 61 heavy (non-hydrogen) atoms. The maximum Gasteiger partial charge on any atom is 0.297 e. The number of aryl methyl sites for hydroxylation is 1. The van der Waals surface area contributed by atoms with E-state index in [1.165, 1.54) is 72.6 Å². The van der Waals surface area contributed by atoms with E-state index in [1.54, 1.807) is 0 Å². The van der Waals surface area contributed by atoms with E-state index in [0.717, 1.165) is 40.8 Å². The first-order valence-corrected chi connectivity index (χ1v) is 22.9. The van der Waals surface area contributed by atoms with Crippen molar-refractivity contribution in [3.05, 3.63) is 124 Å². The fourth-order valence-electron chi connectivity index (χ4n) is 10.4. The molecule has 5 aromatic carbocycles. The van der Waals surface area contributed by atoms with Gasteiger partial charge < -0.3 is 14.2 Å². The van der Waals surface area contributed by atoms with Crippen molar-refractivity contribution in [2.24, 2.45) is 0 Å². The van der Waals surface area contributed by atoms with Gasteiger partial charge in [-0.3, -0.25) is 0 Å². The molecule has 3 heterocycles. The standard InChI is InChI=1S/C57H69BN2O/c1-34-26-46-49-47(27-34)60(39-21-18-35(19-22-39)52(2,3)4)50-41-23-20-36(53(5,6)7)31-48(41)61-51(50)58(49)44-32-42-43(57(16,17)25-24-56(42,14)15)33-45(44)59(46)40-29-37(54(8,9)10)28-38(30-40)55(11,12)13/h18-23,26-33H,24-25H2,1-17H3. The molecule has 2 aliphatic heterocycles. The van der Waals surface area contributed by atoms with Crippen LogP contribution in [0.1, 0.15) is 163 Å². The minimum Gasteiger partial charge on any atom is -0.468 e. The van der Waals surface area contributed by atoms with Gasteiger partial charge in [0.1, 0.15) is 5.58 Å². The van der Waals surface area contributed by atoms with E-state index in [1.807, 2.05) is 0 Å². The van der Waals surface area contributed by atoms with Crippen LogP contribution in [0.2, 0.25) is 0 Å². The first-order valence-electron chi connectivity index (χ1n) is 22.9. The number of anilines is 6. The highest BCUT2D eigenvalue weighted by Gasteiger charge is 2.49. The summed E-state index contributed by atoms with van der Waals surface area (Å²) >= 11 is 0. The molecule has 1 aromatic heterocycles. The number of hydrogen-bond acceptors (Lipinski definition) is 3. The van der Waals surface area contributed by atoms with Gasteiger partial charge in [0.2, 0.25) is 0 Å². The van der Waals surface area contributed by atoms with E-state index in [4.69, 9.17) is 4.42 Å². The molecular weight excluding hydrogens is 739 g/mol. The molecule has 0 spiro atoms. The van der Waals surface area contributed by atoms with Gasteiger partial charge in [-0.15, -0.1) is 0 Å². The predicted molar refractivity (Wildman–Crippen MR) is 265 cm³/mol. The van der Waals surface area contributed by atoms with Crippen molar-refractivity contribution in [1.82, 2.24) is 0 Å². The second-order valence-electron chi connectivity index (χ2n) is 24.4. The lowest BCUT2D eigenvalue weighted by atomic mass is 9.35. The fourth-order valence-corrected chi connectivity index (χ4v) is 10.4. The molecule has 0 radical (unpaired) electrons. The second-order valence-corrected chi connectivity index (χ2v) is 24.4. The van der Waals surface area contributed by atoms with Gasteiger partial charge in [0, 0.05) is 33.8 Å². The largest absolute Gasteiger partial charge is 0.468 e. The first-order chi connectivity index (χ1) is 28.1. The van der Waals surface area contributed by atoms with E-state index < -0.39 is 0 Å². The number of benzene rings is 5. The van der Waals surface area contributed by atoms with Crippen LogP contribution >= 0.6 is 0 Å². The summed E-state index contributed by atoms with van der Waals surface area (Å²) < 4.78 is 7.44. The minimum atomic E-state index is -0.0959. The van der Waals surface area contributed by atoms with Crippen molar-refractivity contribution in [3.8, 4) is 0 Å². The number of nitrogens with zero attached hydrogens (tertiary/aromatic N) is 2. The highest BCUT2D eigenvalue weighted by Crippen LogP contribution is 2.52. The zero-order valence-electron chi connectivity index (χ0n) is 40.4. The number of rotatable bonds is 2. The summed E-state index contributed by atoms with van der Waals surface area (Å²) in [6.07, 6.45) is 2.32. The maximum atomic E-state index is 7.44. The van der Waals surface area contributed by atoms with Crippen molar-refractivity contribution in [2.75, 3.05) is 9.80 Å². The fraction of sp³-hybridized carbons (Fsp3) is 0.439. The highest BCUT2D eigenvalue weighted by molar-refractivity contribution is 7.00. The summed E-state index contributed by atoms with van der Waals surface area (Å²) in [5.41, 5.74) is 21.5. The van der Waals surface area contributed by atoms with Crippen molar-refractivity contribution < 1.29 is 4.42 Å². The molecule has 0 N–H and O–H groups in total. The predicted octanol–water partition coefficient (Wildman–Crippen LogP) is 14.4. The van der Waals surface area contributed by atoms with Gasteiger partial charge in [0.15, 0.2) is 0 Å². The Hall–Kier alpha value is -4.70. The summed E-state index contributed by atoms with van der Waals surface area (Å²) in [6.45, 7) is 39.9. The van der Waals surface area contributed by atoms with Crippen LogP contribution in [-0.2, 0) is 32.5 Å². The van der Waals surface area contributed by atoms with Crippen LogP contribution in [0.15, 0.2) is 89.3 Å². The molecule has 3 nitrogen and oxygen atoms in total. The monoisotopic (exact) mass is 809 g/mol. The van der Waals surface area contributed by atoms with Gasteiger partial charge in [-0.05, 0) is 157 Å². The average molecular weight is 809 g/mol. The summed E-state index contributed by atoms with van der Waals surface area (Å²) in [4.78, 5) is 5.18. The Kier molecular flexibility index (Phi) is 8.99. The van der Waals surface area contributed by atoms with Crippen LogP contribution in [-0.4, -0.2) is 6.71 Å². The summed E-state index contributed by atoms with van der Waals surface area (Å²) in [6, 6.07) is 33.8. The summed E-state index contributed by atoms with van der Waals surface area (Å²) in [7, 11) is 0. The zero-order chi connectivity index (χ0) is 44.1. The van der Waals surface area contributed by atoms with E-state index in [-0.39, 0.29) is 39.2 Å². The van der Waals surface area contributed by atoms with E-state index in [9.17, 15) is 0 Å². The minimum absolute atomic E-state index is 0.0138. The van der Waals surface area contributed by atoms with Crippen LogP contribution < -0.4 is 26.4 Å². The van der Waals surface area contributed by atoms with E-state index in [0.29, 0.717) is 0 Å². The molecule has 1 aliphatic carbocycles. The summed E-state index contributed by atoms with van der Waals surface area (Å²) in [5, 5.41) is 1.16. The van der Waals surface area contributed by atoms with E-state index in [2.05, 4.69) is 212 Å². The number of hydrogen-bond donors (Lipinski definition) is 0. The Morgan fingerprint density at radius 3 is 1.56 bits per heavy atom. The molecule has 9 rings (SSSR count). The molecule has 0 amide bonds. The molecule has 0 bridgehead atoms. The van der Waals surface area contributed by atoms with Gasteiger partial charge in [0.25, 0.3) is 6.71 Å². The molecule has 0 fully saturated rings. The maximum absolute atomic E-state index is 7.44. The third-order valence-electron chi connectivity index (χ3n) is 14.5. The highest BCUT2D eigenvalue weighted by atomic mass is 16.3. The Balaban J connectivity index is 1.44. The molecular formula is C57H69BN2O. The van der Waals surface area contributed by atoms with Gasteiger partial charge >= 0.3 is 0 Å². The molecule has 0 saturated carbocycles. The van der Waals surface area contributed by atoms with Gasteiger partial charge in [0.05, 0.1) is 11.3 Å². The lowest BCUT2D eigenvalue weighted by Crippen LogP contribution is -2.61. The van der Waals surface area contributed by atoms with Gasteiger partial charge in [-0.2, -0.15) is 0 Å². The lowest BCUT2D eigenvalue weighted by molar-refractivity contribution is 0.332. The Bertz CT molecular complexity index is 2720. The first kappa shape index (κ1) is 41.6. The third-order valence-corrected chi connectivity index (χ3v) is 14.5. The van der Waals surface area contributed by atoms with Crippen LogP contribution in [0, 0.1) is 6.92 Å². The third kappa shape index (κ3) is 6.69. The molecule has 3 aliphatic rings. The average Bonchev–Trinajstić information content (AvgIpc) is 3.53. The van der Waals surface area contributed by atoms with Crippen molar-refractivity contribution in [1.29, 1.82) is 0 Å². The number of fused-ring (bicyclic) bond motifs is 7. The van der Waals surface area contributed by atoms with Crippen molar-refractivity contribution in [3.63, 3.8) is 0 Å². The SMILES string of the molecule is Cc1cc2c3c(c1)N(c1ccc(C(C)(C)C)cc1)c1c(oc4cc(C(C)(C)C)ccc14)B3c1cc3c(cc1N2c1cc(C(C)(C)C)cc(C(C)(C)C)c1)C(C)(C)CCC3(C)C. The molecule has 316 valence electrons. The summed E-state index contributed by atoms with van der Waals surface area (Å²) in [5.74, 6) is 0. The van der Waals surface area contributed by atoms with Crippen LogP contribution in [0.3, 0.4) is 0 Å². The zero-order valence-corrected chi connectivity index (χ0v) is 40.4. The lowest BCUT2D eigenvalue weighted by Gasteiger charge is -2.47. The van der Waals surface area contributed by atoms with Crippen LogP contribution in [0.25, 0.3) is 11.0 Å². The molecule has 0 atom stereocenters. The molecule has 0 unspecified atom stereocenters. The van der Waals surface area contributed by atoms with Gasteiger partial charge in [-0.25, -0.2) is 0 Å². The second kappa shape index (κ2) is 13.2. The Labute approximate surface area is 368 Å². The van der Waals surface area contributed by atoms with Crippen molar-refractivity contribution >= 4 is 68.4 Å². The molecule has 0 saturated heterocycles. The Morgan fingerprint density at radius 1 is 0.508 bits per heavy atom. The van der Waals surface area contributed by atoms with Crippen molar-refractivity contribution in [2.45, 2.75) is 163 Å². The van der Waals surface area contributed by atoms with Crippen LogP contribution in [0.4, 0.5) is 34.1 Å². The molecule has 6 aromatic rings. The Morgan fingerprint density at radius 2 is 1.02 bits per heavy atom. The smallest absolute Gasteiger partial charge is 0.297 e.